The molecule has 0 unspecified atom stereocenters. The number of hydrogen-bond donors (Lipinski definition) is 0. The van der Waals surface area contributed by atoms with Crippen molar-refractivity contribution >= 4 is 0 Å². The molecule has 27 heavy (non-hydrogen) atoms. The number of rotatable bonds is 15. The Hall–Kier alpha value is -1.64. The Kier molecular flexibility index (Phi) is 10.8. The van der Waals surface area contributed by atoms with Crippen molar-refractivity contribution in [1.82, 2.24) is 10.1 Å². The van der Waals surface area contributed by atoms with Crippen molar-refractivity contribution in [1.29, 1.82) is 0 Å². The second-order valence-corrected chi connectivity index (χ2v) is 7.82. The van der Waals surface area contributed by atoms with E-state index in [1.165, 1.54) is 82.6 Å². The summed E-state index contributed by atoms with van der Waals surface area (Å²) in [5, 5.41) is 4.14. The first-order valence-corrected chi connectivity index (χ1v) is 11.2. The summed E-state index contributed by atoms with van der Waals surface area (Å²) in [5.41, 5.74) is 2.25. The molecule has 0 amide bonds. The molecule has 150 valence electrons. The number of benzene rings is 1. The predicted octanol–water partition coefficient (Wildman–Crippen LogP) is 7.68. The summed E-state index contributed by atoms with van der Waals surface area (Å²) in [6, 6.07) is 8.19. The van der Waals surface area contributed by atoms with E-state index in [-0.39, 0.29) is 0 Å². The summed E-state index contributed by atoms with van der Waals surface area (Å²) in [6.45, 7) is 4.36. The van der Waals surface area contributed by atoms with Crippen molar-refractivity contribution in [3.63, 3.8) is 0 Å². The first-order valence-electron chi connectivity index (χ1n) is 11.2. The maximum atomic E-state index is 5.42. The van der Waals surface area contributed by atoms with E-state index in [4.69, 9.17) is 4.52 Å². The second kappa shape index (κ2) is 13.5. The van der Waals surface area contributed by atoms with Gasteiger partial charge in [0.05, 0.1) is 0 Å². The number of nitrogens with zero attached hydrogens (tertiary/aromatic N) is 2. The highest BCUT2D eigenvalue weighted by atomic mass is 16.5. The van der Waals surface area contributed by atoms with Crippen molar-refractivity contribution in [2.24, 2.45) is 0 Å². The summed E-state index contributed by atoms with van der Waals surface area (Å²) in [6.07, 6.45) is 18.7. The minimum Gasteiger partial charge on any atom is -0.339 e. The lowest BCUT2D eigenvalue weighted by molar-refractivity contribution is 0.373. The Morgan fingerprint density at radius 3 is 1.89 bits per heavy atom. The van der Waals surface area contributed by atoms with E-state index in [0.717, 1.165) is 30.1 Å². The number of aromatic nitrogens is 2. The Balaban J connectivity index is 1.47. The van der Waals surface area contributed by atoms with Gasteiger partial charge >= 0.3 is 0 Å². The van der Waals surface area contributed by atoms with Gasteiger partial charge in [-0.25, -0.2) is 0 Å². The quantitative estimate of drug-likeness (QED) is 0.302. The van der Waals surface area contributed by atoms with E-state index in [1.54, 1.807) is 0 Å². The molecule has 0 aliphatic carbocycles. The number of aryl methyl sites for hydroxylation is 2. The second-order valence-electron chi connectivity index (χ2n) is 7.82. The molecule has 0 saturated carbocycles. The number of hydrogen-bond acceptors (Lipinski definition) is 3. The van der Waals surface area contributed by atoms with Gasteiger partial charge in [0, 0.05) is 12.0 Å². The summed E-state index contributed by atoms with van der Waals surface area (Å²) in [5.74, 6) is 1.49. The molecular formula is C24H38N2O. The normalized spacial score (nSPS) is 11.2. The first-order chi connectivity index (χ1) is 13.3. The number of unbranched alkanes of at least 4 members (excludes halogenated alkanes) is 12. The Bertz CT molecular complexity index is 620. The lowest BCUT2D eigenvalue weighted by Gasteiger charge is -2.02. The van der Waals surface area contributed by atoms with Gasteiger partial charge in [0.1, 0.15) is 0 Å². The molecule has 1 aromatic carbocycles. The molecule has 3 nitrogen and oxygen atoms in total. The highest BCUT2D eigenvalue weighted by Crippen LogP contribution is 2.20. The SMILES string of the molecule is CCCCCCCCCCCCCCCc1nc(-c2ccccc2C)no1. The van der Waals surface area contributed by atoms with E-state index >= 15 is 0 Å². The van der Waals surface area contributed by atoms with E-state index < -0.39 is 0 Å². The molecule has 0 spiro atoms. The van der Waals surface area contributed by atoms with Crippen LogP contribution in [-0.4, -0.2) is 10.1 Å². The van der Waals surface area contributed by atoms with Crippen LogP contribution in [0.2, 0.25) is 0 Å². The highest BCUT2D eigenvalue weighted by Gasteiger charge is 2.09. The van der Waals surface area contributed by atoms with E-state index in [0.29, 0.717) is 0 Å². The lowest BCUT2D eigenvalue weighted by Crippen LogP contribution is -1.88. The van der Waals surface area contributed by atoms with Crippen LogP contribution in [-0.2, 0) is 6.42 Å². The van der Waals surface area contributed by atoms with Crippen LogP contribution in [0, 0.1) is 6.92 Å². The van der Waals surface area contributed by atoms with Crippen LogP contribution in [0.4, 0.5) is 0 Å². The van der Waals surface area contributed by atoms with E-state index in [2.05, 4.69) is 36.1 Å². The molecule has 1 aromatic heterocycles. The van der Waals surface area contributed by atoms with Crippen LogP contribution in [0.5, 0.6) is 0 Å². The molecule has 3 heteroatoms. The topological polar surface area (TPSA) is 38.9 Å². The van der Waals surface area contributed by atoms with Crippen molar-refractivity contribution in [2.75, 3.05) is 0 Å². The van der Waals surface area contributed by atoms with Gasteiger partial charge in [-0.3, -0.25) is 0 Å². The zero-order chi connectivity index (χ0) is 19.2. The molecule has 0 aliphatic rings. The average molecular weight is 371 g/mol. The van der Waals surface area contributed by atoms with Crippen LogP contribution in [0.1, 0.15) is 102 Å². The van der Waals surface area contributed by atoms with Crippen LogP contribution in [0.3, 0.4) is 0 Å². The van der Waals surface area contributed by atoms with Crippen molar-refractivity contribution in [2.45, 2.75) is 104 Å². The molecule has 2 rings (SSSR count). The molecule has 2 aromatic rings. The predicted molar refractivity (Wildman–Crippen MR) is 114 cm³/mol. The zero-order valence-corrected chi connectivity index (χ0v) is 17.5. The van der Waals surface area contributed by atoms with Crippen LogP contribution >= 0.6 is 0 Å². The van der Waals surface area contributed by atoms with Gasteiger partial charge in [-0.2, -0.15) is 4.98 Å². The summed E-state index contributed by atoms with van der Waals surface area (Å²) < 4.78 is 5.42. The standard InChI is InChI=1S/C24H38N2O/c1-3-4-5-6-7-8-9-10-11-12-13-14-15-20-23-25-24(26-27-23)22-19-17-16-18-21(22)2/h16-19H,3-15,20H2,1-2H3. The minimum absolute atomic E-state index is 0.720. The van der Waals surface area contributed by atoms with Gasteiger partial charge < -0.3 is 4.52 Å². The molecule has 1 heterocycles. The monoisotopic (exact) mass is 370 g/mol. The minimum atomic E-state index is 0.720. The molecule has 0 aliphatic heterocycles. The molecule has 0 saturated heterocycles. The van der Waals surface area contributed by atoms with Crippen molar-refractivity contribution in [3.05, 3.63) is 35.7 Å². The third-order valence-corrected chi connectivity index (χ3v) is 5.35. The van der Waals surface area contributed by atoms with Gasteiger partial charge in [0.2, 0.25) is 11.7 Å². The van der Waals surface area contributed by atoms with Gasteiger partial charge in [-0.1, -0.05) is 113 Å². The molecule has 0 bridgehead atoms. The smallest absolute Gasteiger partial charge is 0.226 e. The summed E-state index contributed by atoms with van der Waals surface area (Å²) in [4.78, 5) is 4.56. The first kappa shape index (κ1) is 21.7. The Morgan fingerprint density at radius 1 is 0.741 bits per heavy atom. The van der Waals surface area contributed by atoms with Gasteiger partial charge in [-0.05, 0) is 18.9 Å². The molecule has 0 N–H and O–H groups in total. The van der Waals surface area contributed by atoms with Gasteiger partial charge in [0.25, 0.3) is 0 Å². The summed E-state index contributed by atoms with van der Waals surface area (Å²) in [7, 11) is 0. The molecule has 0 radical (unpaired) electrons. The largest absolute Gasteiger partial charge is 0.339 e. The van der Waals surface area contributed by atoms with Crippen molar-refractivity contribution in [3.8, 4) is 11.4 Å². The van der Waals surface area contributed by atoms with Crippen LogP contribution in [0.25, 0.3) is 11.4 Å². The fourth-order valence-electron chi connectivity index (χ4n) is 3.58. The van der Waals surface area contributed by atoms with Crippen LogP contribution in [0.15, 0.2) is 28.8 Å². The fraction of sp³-hybridized carbons (Fsp3) is 0.667. The molecular weight excluding hydrogens is 332 g/mol. The third-order valence-electron chi connectivity index (χ3n) is 5.35. The molecule has 0 atom stereocenters. The summed E-state index contributed by atoms with van der Waals surface area (Å²) >= 11 is 0. The Labute approximate surface area is 166 Å². The van der Waals surface area contributed by atoms with Gasteiger partial charge in [-0.15, -0.1) is 0 Å². The average Bonchev–Trinajstić information content (AvgIpc) is 3.14. The fourth-order valence-corrected chi connectivity index (χ4v) is 3.58. The van der Waals surface area contributed by atoms with E-state index in [1.807, 2.05) is 12.1 Å². The van der Waals surface area contributed by atoms with Crippen LogP contribution < -0.4 is 0 Å². The maximum absolute atomic E-state index is 5.42. The highest BCUT2D eigenvalue weighted by molar-refractivity contribution is 5.58. The third kappa shape index (κ3) is 8.73. The Morgan fingerprint density at radius 2 is 1.30 bits per heavy atom. The zero-order valence-electron chi connectivity index (χ0n) is 17.5. The molecule has 0 fully saturated rings. The van der Waals surface area contributed by atoms with E-state index in [9.17, 15) is 0 Å². The van der Waals surface area contributed by atoms with Crippen molar-refractivity contribution < 1.29 is 4.52 Å². The maximum Gasteiger partial charge on any atom is 0.226 e. The van der Waals surface area contributed by atoms with Gasteiger partial charge in [0.15, 0.2) is 0 Å². The lowest BCUT2D eigenvalue weighted by atomic mass is 10.0.